The molecule has 2 aliphatic rings. The maximum atomic E-state index is 12.4. The number of carbonyl (C=O) groups excluding carboxylic acids is 1. The number of likely N-dealkylation sites (tertiary alicyclic amines) is 1. The minimum Gasteiger partial charge on any atom is -0.342 e. The first kappa shape index (κ1) is 14.5. The second-order valence-electron chi connectivity index (χ2n) is 5.96. The number of hydrogen-bond acceptors (Lipinski definition) is 4. The van der Waals surface area contributed by atoms with Crippen molar-refractivity contribution in [3.8, 4) is 0 Å². The second kappa shape index (κ2) is 7.00. The summed E-state index contributed by atoms with van der Waals surface area (Å²) < 4.78 is 0. The van der Waals surface area contributed by atoms with E-state index in [1.54, 1.807) is 0 Å². The van der Waals surface area contributed by atoms with Crippen LogP contribution in [0.5, 0.6) is 0 Å². The van der Waals surface area contributed by atoms with Crippen molar-refractivity contribution < 1.29 is 4.79 Å². The summed E-state index contributed by atoms with van der Waals surface area (Å²) in [5.74, 6) is 0.876. The van der Waals surface area contributed by atoms with Crippen LogP contribution in [-0.2, 0) is 4.79 Å². The van der Waals surface area contributed by atoms with Crippen molar-refractivity contribution in [3.63, 3.8) is 0 Å². The third-order valence-corrected chi connectivity index (χ3v) is 4.59. The van der Waals surface area contributed by atoms with E-state index in [1.807, 2.05) is 17.3 Å². The van der Waals surface area contributed by atoms with Crippen LogP contribution in [0.4, 0.5) is 0 Å². The van der Waals surface area contributed by atoms with Gasteiger partial charge in [0, 0.05) is 51.7 Å². The first-order valence-electron chi connectivity index (χ1n) is 7.94. The minimum absolute atomic E-state index is 0.296. The molecule has 1 amide bonds. The molecule has 5 heteroatoms. The molecule has 3 rings (SSSR count). The van der Waals surface area contributed by atoms with Crippen molar-refractivity contribution in [1.82, 2.24) is 20.1 Å². The Kier molecular flexibility index (Phi) is 4.83. The lowest BCUT2D eigenvalue weighted by atomic mass is 9.90. The van der Waals surface area contributed by atoms with Crippen LogP contribution < -0.4 is 5.32 Å². The van der Waals surface area contributed by atoms with Crippen LogP contribution in [0.25, 0.3) is 0 Å². The van der Waals surface area contributed by atoms with Crippen molar-refractivity contribution in [3.05, 3.63) is 30.1 Å². The molecule has 0 radical (unpaired) electrons. The minimum atomic E-state index is 0.296. The zero-order chi connectivity index (χ0) is 14.5. The van der Waals surface area contributed by atoms with Gasteiger partial charge >= 0.3 is 0 Å². The number of nitrogens with one attached hydrogen (secondary N) is 1. The maximum absolute atomic E-state index is 12.4. The molecule has 2 aliphatic heterocycles. The Morgan fingerprint density at radius 2 is 1.81 bits per heavy atom. The molecule has 0 aromatic carbocycles. The van der Waals surface area contributed by atoms with E-state index in [1.165, 1.54) is 5.56 Å². The third kappa shape index (κ3) is 3.80. The summed E-state index contributed by atoms with van der Waals surface area (Å²) in [6.45, 7) is 6.32. The number of piperidine rings is 1. The summed E-state index contributed by atoms with van der Waals surface area (Å²) in [6, 6.07) is 4.20. The first-order valence-corrected chi connectivity index (χ1v) is 7.94. The van der Waals surface area contributed by atoms with Crippen LogP contribution in [-0.4, -0.2) is 66.5 Å². The monoisotopic (exact) mass is 288 g/mol. The van der Waals surface area contributed by atoms with Crippen molar-refractivity contribution in [1.29, 1.82) is 0 Å². The molecule has 1 aromatic rings. The molecule has 0 atom stereocenters. The van der Waals surface area contributed by atoms with Gasteiger partial charge in [-0.25, -0.2) is 0 Å². The SMILES string of the molecule is O=C(CN1CCNCC1)N1CCC(c2ccncc2)CC1. The Bertz CT molecular complexity index is 451. The molecule has 2 fully saturated rings. The average Bonchev–Trinajstić information content (AvgIpc) is 2.57. The number of carbonyl (C=O) groups is 1. The molecule has 0 spiro atoms. The topological polar surface area (TPSA) is 48.5 Å². The Balaban J connectivity index is 1.47. The van der Waals surface area contributed by atoms with E-state index in [9.17, 15) is 4.79 Å². The number of nitrogens with zero attached hydrogens (tertiary/aromatic N) is 3. The largest absolute Gasteiger partial charge is 0.342 e. The molecule has 5 nitrogen and oxygen atoms in total. The molecule has 0 aliphatic carbocycles. The van der Waals surface area contributed by atoms with Crippen molar-refractivity contribution in [2.24, 2.45) is 0 Å². The van der Waals surface area contributed by atoms with Gasteiger partial charge in [0.05, 0.1) is 6.54 Å². The molecule has 114 valence electrons. The summed E-state index contributed by atoms with van der Waals surface area (Å²) in [5, 5.41) is 3.32. The van der Waals surface area contributed by atoms with Gasteiger partial charge in [-0.2, -0.15) is 0 Å². The summed E-state index contributed by atoms with van der Waals surface area (Å²) in [7, 11) is 0. The smallest absolute Gasteiger partial charge is 0.236 e. The van der Waals surface area contributed by atoms with E-state index >= 15 is 0 Å². The molecule has 1 aromatic heterocycles. The Hall–Kier alpha value is -1.46. The van der Waals surface area contributed by atoms with Crippen LogP contribution in [0.3, 0.4) is 0 Å². The van der Waals surface area contributed by atoms with Gasteiger partial charge in [0.25, 0.3) is 0 Å². The standard InChI is InChI=1S/C16H24N4O/c21-16(13-19-11-7-18-8-12-19)20-9-3-15(4-10-20)14-1-5-17-6-2-14/h1-2,5-6,15,18H,3-4,7-13H2. The predicted octanol–water partition coefficient (Wildman–Crippen LogP) is 0.693. The van der Waals surface area contributed by atoms with Gasteiger partial charge < -0.3 is 10.2 Å². The zero-order valence-corrected chi connectivity index (χ0v) is 12.5. The molecular weight excluding hydrogens is 264 g/mol. The van der Waals surface area contributed by atoms with Gasteiger partial charge in [-0.3, -0.25) is 14.7 Å². The normalized spacial score (nSPS) is 21.4. The summed E-state index contributed by atoms with van der Waals surface area (Å²) in [6.07, 6.45) is 5.85. The summed E-state index contributed by atoms with van der Waals surface area (Å²) >= 11 is 0. The maximum Gasteiger partial charge on any atom is 0.236 e. The molecule has 0 bridgehead atoms. The highest BCUT2D eigenvalue weighted by molar-refractivity contribution is 5.78. The number of hydrogen-bond donors (Lipinski definition) is 1. The van der Waals surface area contributed by atoms with Gasteiger partial charge in [-0.05, 0) is 36.5 Å². The van der Waals surface area contributed by atoms with E-state index in [0.29, 0.717) is 18.4 Å². The fourth-order valence-corrected chi connectivity index (χ4v) is 3.26. The highest BCUT2D eigenvalue weighted by Gasteiger charge is 2.25. The number of piperazine rings is 1. The number of pyridine rings is 1. The lowest BCUT2D eigenvalue weighted by Crippen LogP contribution is -2.49. The van der Waals surface area contributed by atoms with Crippen molar-refractivity contribution in [2.45, 2.75) is 18.8 Å². The van der Waals surface area contributed by atoms with Gasteiger partial charge in [0.15, 0.2) is 0 Å². The quantitative estimate of drug-likeness (QED) is 0.889. The summed E-state index contributed by atoms with van der Waals surface area (Å²) in [4.78, 5) is 20.7. The molecule has 3 heterocycles. The summed E-state index contributed by atoms with van der Waals surface area (Å²) in [5.41, 5.74) is 1.36. The number of rotatable bonds is 3. The Labute approximate surface area is 126 Å². The van der Waals surface area contributed by atoms with Gasteiger partial charge in [0.1, 0.15) is 0 Å². The number of amides is 1. The van der Waals surface area contributed by atoms with Crippen molar-refractivity contribution >= 4 is 5.91 Å². The van der Waals surface area contributed by atoms with Crippen LogP contribution in [0.2, 0.25) is 0 Å². The van der Waals surface area contributed by atoms with Gasteiger partial charge in [0.2, 0.25) is 5.91 Å². The van der Waals surface area contributed by atoms with Crippen molar-refractivity contribution in [2.75, 3.05) is 45.8 Å². The lowest BCUT2D eigenvalue weighted by molar-refractivity contribution is -0.133. The lowest BCUT2D eigenvalue weighted by Gasteiger charge is -2.34. The molecular formula is C16H24N4O. The highest BCUT2D eigenvalue weighted by Crippen LogP contribution is 2.27. The highest BCUT2D eigenvalue weighted by atomic mass is 16.2. The van der Waals surface area contributed by atoms with Crippen LogP contribution >= 0.6 is 0 Å². The molecule has 21 heavy (non-hydrogen) atoms. The van der Waals surface area contributed by atoms with E-state index in [2.05, 4.69) is 27.3 Å². The van der Waals surface area contributed by atoms with E-state index in [0.717, 1.165) is 52.1 Å². The molecule has 0 saturated carbocycles. The van der Waals surface area contributed by atoms with Crippen LogP contribution in [0.15, 0.2) is 24.5 Å². The van der Waals surface area contributed by atoms with E-state index in [-0.39, 0.29) is 0 Å². The number of aromatic nitrogens is 1. The predicted molar refractivity (Wildman–Crippen MR) is 82.1 cm³/mol. The average molecular weight is 288 g/mol. The fourth-order valence-electron chi connectivity index (χ4n) is 3.26. The van der Waals surface area contributed by atoms with E-state index < -0.39 is 0 Å². The van der Waals surface area contributed by atoms with E-state index in [4.69, 9.17) is 0 Å². The Morgan fingerprint density at radius 1 is 1.14 bits per heavy atom. The molecule has 1 N–H and O–H groups in total. The Morgan fingerprint density at radius 3 is 2.48 bits per heavy atom. The fraction of sp³-hybridized carbons (Fsp3) is 0.625. The third-order valence-electron chi connectivity index (χ3n) is 4.59. The second-order valence-corrected chi connectivity index (χ2v) is 5.96. The van der Waals surface area contributed by atoms with Crippen LogP contribution in [0, 0.1) is 0 Å². The van der Waals surface area contributed by atoms with Crippen LogP contribution in [0.1, 0.15) is 24.3 Å². The molecule has 2 saturated heterocycles. The van der Waals surface area contributed by atoms with Gasteiger partial charge in [-0.1, -0.05) is 0 Å². The van der Waals surface area contributed by atoms with Gasteiger partial charge in [-0.15, -0.1) is 0 Å². The molecule has 0 unspecified atom stereocenters. The zero-order valence-electron chi connectivity index (χ0n) is 12.5. The first-order chi connectivity index (χ1) is 10.3.